The highest BCUT2D eigenvalue weighted by Gasteiger charge is 2.50. The number of para-hydroxylation sites is 1. The van der Waals surface area contributed by atoms with Gasteiger partial charge in [-0.15, -0.1) is 0 Å². The van der Waals surface area contributed by atoms with Gasteiger partial charge in [0.05, 0.1) is 6.67 Å². The lowest BCUT2D eigenvalue weighted by Gasteiger charge is -2.45. The number of rotatable bonds is 4. The highest BCUT2D eigenvalue weighted by Crippen LogP contribution is 2.40. The number of esters is 1. The number of nitrogens with one attached hydrogen (secondary N) is 1. The molecule has 5 rings (SSSR count). The number of carbonyl (C=O) groups excluding carboxylic acids is 2. The van der Waals surface area contributed by atoms with Crippen molar-refractivity contribution in [1.29, 1.82) is 0 Å². The molecule has 2 heterocycles. The first-order chi connectivity index (χ1) is 15.6. The molecule has 1 aliphatic carbocycles. The number of nitrogens with zero attached hydrogens (tertiary/aromatic N) is 2. The molecule has 1 N–H and O–H groups in total. The van der Waals surface area contributed by atoms with E-state index in [4.69, 9.17) is 4.74 Å². The lowest BCUT2D eigenvalue weighted by Crippen LogP contribution is -2.57. The third-order valence-corrected chi connectivity index (χ3v) is 7.45. The number of amides is 1. The van der Waals surface area contributed by atoms with E-state index >= 15 is 0 Å². The normalized spacial score (nSPS) is 24.8. The van der Waals surface area contributed by atoms with Gasteiger partial charge in [0.25, 0.3) is 0 Å². The minimum absolute atomic E-state index is 0.144. The van der Waals surface area contributed by atoms with Gasteiger partial charge in [0.15, 0.2) is 0 Å². The van der Waals surface area contributed by atoms with Gasteiger partial charge in [-0.2, -0.15) is 0 Å². The Morgan fingerprint density at radius 3 is 2.56 bits per heavy atom. The maximum Gasteiger partial charge on any atom is 0.303 e. The van der Waals surface area contributed by atoms with E-state index in [1.807, 2.05) is 24.3 Å². The summed E-state index contributed by atoms with van der Waals surface area (Å²) >= 11 is 0. The summed E-state index contributed by atoms with van der Waals surface area (Å²) in [5.41, 5.74) is 3.07. The molecular formula is C26H31N3O3. The molecule has 0 unspecified atom stereocenters. The van der Waals surface area contributed by atoms with Crippen molar-refractivity contribution >= 4 is 17.6 Å². The van der Waals surface area contributed by atoms with Crippen molar-refractivity contribution in [2.75, 3.05) is 31.2 Å². The number of aryl methyl sites for hydroxylation is 1. The average Bonchev–Trinajstić information content (AvgIpc) is 3.12. The Hall–Kier alpha value is -2.86. The van der Waals surface area contributed by atoms with Gasteiger partial charge in [-0.25, -0.2) is 0 Å². The monoisotopic (exact) mass is 433 g/mol. The molecule has 1 amide bonds. The second-order valence-corrected chi connectivity index (χ2v) is 9.29. The second-order valence-electron chi connectivity index (χ2n) is 9.29. The van der Waals surface area contributed by atoms with Crippen LogP contribution in [0.2, 0.25) is 0 Å². The molecule has 2 aromatic carbocycles. The van der Waals surface area contributed by atoms with Gasteiger partial charge >= 0.3 is 5.97 Å². The average molecular weight is 434 g/mol. The van der Waals surface area contributed by atoms with Crippen LogP contribution in [-0.4, -0.2) is 48.6 Å². The second kappa shape index (κ2) is 8.58. The maximum atomic E-state index is 12.9. The maximum absolute atomic E-state index is 12.9. The van der Waals surface area contributed by atoms with Crippen LogP contribution in [0.1, 0.15) is 43.4 Å². The molecule has 2 aromatic rings. The Balaban J connectivity index is 1.29. The van der Waals surface area contributed by atoms with Crippen LogP contribution in [0, 0.1) is 5.92 Å². The summed E-state index contributed by atoms with van der Waals surface area (Å²) in [6.45, 7) is 4.67. The Morgan fingerprint density at radius 1 is 1.09 bits per heavy atom. The van der Waals surface area contributed by atoms with Gasteiger partial charge in [-0.05, 0) is 48.9 Å². The molecular weight excluding hydrogens is 402 g/mol. The smallest absolute Gasteiger partial charge is 0.303 e. The fourth-order valence-electron chi connectivity index (χ4n) is 5.78. The van der Waals surface area contributed by atoms with Gasteiger partial charge in [0.2, 0.25) is 5.91 Å². The third-order valence-electron chi connectivity index (χ3n) is 7.45. The SMILES string of the molecule is CC(=O)O[C@@H]1c2ccccc2CC[C@H]1CN1CCC2(CC1)C(=O)NCN2c1ccccc1. The van der Waals surface area contributed by atoms with E-state index in [9.17, 15) is 9.59 Å². The molecule has 2 aliphatic heterocycles. The molecule has 2 saturated heterocycles. The van der Waals surface area contributed by atoms with Crippen LogP contribution < -0.4 is 10.2 Å². The molecule has 2 atom stereocenters. The van der Waals surface area contributed by atoms with Gasteiger partial charge < -0.3 is 19.9 Å². The predicted octanol–water partition coefficient (Wildman–Crippen LogP) is 3.28. The van der Waals surface area contributed by atoms with Crippen LogP contribution in [0.3, 0.4) is 0 Å². The Labute approximate surface area is 189 Å². The summed E-state index contributed by atoms with van der Waals surface area (Å²) in [4.78, 5) is 29.5. The minimum atomic E-state index is -0.466. The van der Waals surface area contributed by atoms with E-state index < -0.39 is 5.54 Å². The first kappa shape index (κ1) is 21.0. The summed E-state index contributed by atoms with van der Waals surface area (Å²) in [5, 5.41) is 3.08. The molecule has 0 aromatic heterocycles. The number of ether oxygens (including phenoxy) is 1. The largest absolute Gasteiger partial charge is 0.457 e. The van der Waals surface area contributed by atoms with Gasteiger partial charge in [0, 0.05) is 38.2 Å². The molecule has 6 heteroatoms. The van der Waals surface area contributed by atoms with E-state index in [1.54, 1.807) is 0 Å². The van der Waals surface area contributed by atoms with Crippen LogP contribution in [-0.2, 0) is 20.7 Å². The van der Waals surface area contributed by atoms with Crippen molar-refractivity contribution in [2.24, 2.45) is 5.92 Å². The van der Waals surface area contributed by atoms with Crippen molar-refractivity contribution in [3.8, 4) is 0 Å². The van der Waals surface area contributed by atoms with E-state index in [0.29, 0.717) is 6.67 Å². The highest BCUT2D eigenvalue weighted by molar-refractivity contribution is 5.93. The Kier molecular flexibility index (Phi) is 5.64. The predicted molar refractivity (Wildman–Crippen MR) is 123 cm³/mol. The summed E-state index contributed by atoms with van der Waals surface area (Å²) < 4.78 is 5.82. The minimum Gasteiger partial charge on any atom is -0.457 e. The third kappa shape index (κ3) is 3.77. The quantitative estimate of drug-likeness (QED) is 0.750. The summed E-state index contributed by atoms with van der Waals surface area (Å²) in [7, 11) is 0. The van der Waals surface area contributed by atoms with Crippen molar-refractivity contribution in [1.82, 2.24) is 10.2 Å². The van der Waals surface area contributed by atoms with Crippen LogP contribution >= 0.6 is 0 Å². The molecule has 168 valence electrons. The van der Waals surface area contributed by atoms with E-state index in [-0.39, 0.29) is 23.9 Å². The number of hydrogen-bond acceptors (Lipinski definition) is 5. The number of anilines is 1. The van der Waals surface area contributed by atoms with Crippen molar-refractivity contribution < 1.29 is 14.3 Å². The molecule has 6 nitrogen and oxygen atoms in total. The Bertz CT molecular complexity index is 985. The number of carbonyl (C=O) groups is 2. The van der Waals surface area contributed by atoms with Gasteiger partial charge in [-0.1, -0.05) is 42.5 Å². The number of likely N-dealkylation sites (tertiary alicyclic amines) is 1. The number of benzene rings is 2. The first-order valence-electron chi connectivity index (χ1n) is 11.7. The standard InChI is InChI=1S/C26H31N3O3/c1-19(30)32-24-21(12-11-20-7-5-6-10-23(20)24)17-28-15-13-26(14-16-28)25(31)27-18-29(26)22-8-3-2-4-9-22/h2-10,21,24H,11-18H2,1H3,(H,27,31)/t21-,24-/m0/s1. The van der Waals surface area contributed by atoms with Gasteiger partial charge in [-0.3, -0.25) is 9.59 Å². The van der Waals surface area contributed by atoms with Crippen molar-refractivity contribution in [3.05, 3.63) is 65.7 Å². The van der Waals surface area contributed by atoms with Crippen LogP contribution in [0.15, 0.2) is 54.6 Å². The lowest BCUT2D eigenvalue weighted by molar-refractivity contribution is -0.151. The molecule has 0 saturated carbocycles. The molecule has 2 fully saturated rings. The van der Waals surface area contributed by atoms with Crippen LogP contribution in [0.5, 0.6) is 0 Å². The fourth-order valence-corrected chi connectivity index (χ4v) is 5.78. The number of fused-ring (bicyclic) bond motifs is 1. The van der Waals surface area contributed by atoms with E-state index in [1.165, 1.54) is 12.5 Å². The van der Waals surface area contributed by atoms with Crippen molar-refractivity contribution in [2.45, 2.75) is 44.2 Å². The van der Waals surface area contributed by atoms with Crippen LogP contribution in [0.4, 0.5) is 5.69 Å². The number of piperidine rings is 1. The fraction of sp³-hybridized carbons (Fsp3) is 0.462. The zero-order valence-electron chi connectivity index (χ0n) is 18.6. The number of hydrogen-bond donors (Lipinski definition) is 1. The van der Waals surface area contributed by atoms with E-state index in [0.717, 1.165) is 56.6 Å². The molecule has 1 spiro atoms. The zero-order valence-corrected chi connectivity index (χ0v) is 18.6. The summed E-state index contributed by atoms with van der Waals surface area (Å²) in [6, 6.07) is 18.5. The topological polar surface area (TPSA) is 61.9 Å². The van der Waals surface area contributed by atoms with Crippen molar-refractivity contribution in [3.63, 3.8) is 0 Å². The first-order valence-corrected chi connectivity index (χ1v) is 11.7. The Morgan fingerprint density at radius 2 is 1.81 bits per heavy atom. The van der Waals surface area contributed by atoms with Gasteiger partial charge in [0.1, 0.15) is 11.6 Å². The lowest BCUT2D eigenvalue weighted by atomic mass is 9.80. The molecule has 0 radical (unpaired) electrons. The van der Waals surface area contributed by atoms with Crippen LogP contribution in [0.25, 0.3) is 0 Å². The van der Waals surface area contributed by atoms with E-state index in [2.05, 4.69) is 45.4 Å². The zero-order chi connectivity index (χ0) is 22.1. The summed E-state index contributed by atoms with van der Waals surface area (Å²) in [6.07, 6.45) is 3.43. The summed E-state index contributed by atoms with van der Waals surface area (Å²) in [5.74, 6) is 0.186. The molecule has 32 heavy (non-hydrogen) atoms. The molecule has 0 bridgehead atoms. The highest BCUT2D eigenvalue weighted by atomic mass is 16.5. The molecule has 3 aliphatic rings.